The Morgan fingerprint density at radius 3 is 2.67 bits per heavy atom. The Balaban J connectivity index is 1.88. The lowest BCUT2D eigenvalue weighted by atomic mass is 10.3. The molecule has 1 aliphatic rings. The molecule has 0 aromatic carbocycles. The van der Waals surface area contributed by atoms with Crippen molar-refractivity contribution in [3.05, 3.63) is 0 Å². The molecule has 2 heteroatoms. The maximum absolute atomic E-state index is 5.19. The van der Waals surface area contributed by atoms with Gasteiger partial charge in [0.1, 0.15) is 0 Å². The van der Waals surface area contributed by atoms with Crippen molar-refractivity contribution in [2.75, 3.05) is 13.2 Å². The largest absolute Gasteiger partial charge is 0.373 e. The zero-order valence-electron chi connectivity index (χ0n) is 3.68. The molecule has 2 nitrogen and oxygen atoms in total. The van der Waals surface area contributed by atoms with Crippen LogP contribution >= 0.6 is 0 Å². The molecular formula is C4H9NO. The van der Waals surface area contributed by atoms with Gasteiger partial charge >= 0.3 is 0 Å². The Labute approximate surface area is 37.3 Å². The molecule has 1 heterocycles. The summed E-state index contributed by atoms with van der Waals surface area (Å²) in [6.07, 6.45) is 1.56. The highest BCUT2D eigenvalue weighted by Crippen LogP contribution is 2.10. The van der Waals surface area contributed by atoms with E-state index < -0.39 is 0 Å². The van der Waals surface area contributed by atoms with Gasteiger partial charge in [-0.05, 0) is 13.0 Å². The van der Waals surface area contributed by atoms with Crippen molar-refractivity contribution in [3.63, 3.8) is 0 Å². The summed E-state index contributed by atoms with van der Waals surface area (Å²) in [6, 6.07) is 0. The Morgan fingerprint density at radius 2 is 2.50 bits per heavy atom. The van der Waals surface area contributed by atoms with Crippen molar-refractivity contribution >= 4 is 0 Å². The second kappa shape index (κ2) is 1.58. The molecule has 2 N–H and O–H groups in total. The summed E-state index contributed by atoms with van der Waals surface area (Å²) in [5.41, 5.74) is 5.19. The Kier molecular flexibility index (Phi) is 1.08. The topological polar surface area (TPSA) is 38.5 Å². The van der Waals surface area contributed by atoms with Crippen LogP contribution in [0, 0.1) is 0 Å². The average molecular weight is 87.1 g/mol. The van der Waals surface area contributed by atoms with Crippen molar-refractivity contribution in [3.8, 4) is 0 Å². The Morgan fingerprint density at radius 1 is 1.83 bits per heavy atom. The summed E-state index contributed by atoms with van der Waals surface area (Å²) in [7, 11) is 0. The molecular weight excluding hydrogens is 78.0 g/mol. The van der Waals surface area contributed by atoms with Gasteiger partial charge in [0.2, 0.25) is 0 Å². The standard InChI is InChI=1S/C4H9NO/c5-2-1-4-3-6-4/h4H,1-3,5H2. The van der Waals surface area contributed by atoms with Gasteiger partial charge in [-0.25, -0.2) is 0 Å². The molecule has 36 valence electrons. The maximum atomic E-state index is 5.19. The molecule has 0 aromatic rings. The summed E-state index contributed by atoms with van der Waals surface area (Å²) < 4.78 is 4.87. The van der Waals surface area contributed by atoms with Gasteiger partial charge in [0, 0.05) is 0 Å². The monoisotopic (exact) mass is 87.1 g/mol. The number of epoxide rings is 1. The van der Waals surface area contributed by atoms with E-state index >= 15 is 0 Å². The van der Waals surface area contributed by atoms with E-state index in [2.05, 4.69) is 0 Å². The SMILES string of the molecule is NCCC1CO1. The quantitative estimate of drug-likeness (QED) is 0.471. The fourth-order valence-electron chi connectivity index (χ4n) is 0.421. The number of hydrogen-bond donors (Lipinski definition) is 1. The fourth-order valence-corrected chi connectivity index (χ4v) is 0.421. The summed E-state index contributed by atoms with van der Waals surface area (Å²) >= 11 is 0. The lowest BCUT2D eigenvalue weighted by molar-refractivity contribution is 0.399. The summed E-state index contributed by atoms with van der Waals surface area (Å²) in [5, 5.41) is 0. The average Bonchev–Trinajstić information content (AvgIpc) is 2.21. The van der Waals surface area contributed by atoms with Gasteiger partial charge < -0.3 is 10.5 Å². The highest BCUT2D eigenvalue weighted by atomic mass is 16.6. The van der Waals surface area contributed by atoms with Crippen LogP contribution in [-0.4, -0.2) is 19.3 Å². The third-order valence-corrected chi connectivity index (χ3v) is 0.891. The van der Waals surface area contributed by atoms with Crippen LogP contribution in [0.4, 0.5) is 0 Å². The molecule has 0 aromatic heterocycles. The van der Waals surface area contributed by atoms with Crippen LogP contribution in [0.25, 0.3) is 0 Å². The van der Waals surface area contributed by atoms with Crippen LogP contribution in [0.3, 0.4) is 0 Å². The number of rotatable bonds is 2. The minimum Gasteiger partial charge on any atom is -0.373 e. The van der Waals surface area contributed by atoms with E-state index in [0.717, 1.165) is 19.6 Å². The van der Waals surface area contributed by atoms with Crippen molar-refractivity contribution < 1.29 is 4.74 Å². The summed E-state index contributed by atoms with van der Waals surface area (Å²) in [6.45, 7) is 1.71. The molecule has 1 saturated heterocycles. The van der Waals surface area contributed by atoms with E-state index in [1.807, 2.05) is 0 Å². The molecule has 0 radical (unpaired) electrons. The normalized spacial score (nSPS) is 30.5. The molecule has 1 atom stereocenters. The van der Waals surface area contributed by atoms with Gasteiger partial charge in [-0.3, -0.25) is 0 Å². The molecule has 0 aliphatic carbocycles. The van der Waals surface area contributed by atoms with Crippen molar-refractivity contribution in [2.45, 2.75) is 12.5 Å². The van der Waals surface area contributed by atoms with Crippen LogP contribution in [0.15, 0.2) is 0 Å². The van der Waals surface area contributed by atoms with Crippen LogP contribution in [0.1, 0.15) is 6.42 Å². The van der Waals surface area contributed by atoms with Crippen molar-refractivity contribution in [1.29, 1.82) is 0 Å². The van der Waals surface area contributed by atoms with E-state index in [9.17, 15) is 0 Å². The molecule has 1 rings (SSSR count). The lowest BCUT2D eigenvalue weighted by Gasteiger charge is -1.80. The molecule has 1 fully saturated rings. The Hall–Kier alpha value is -0.0800. The first kappa shape index (κ1) is 4.09. The predicted molar refractivity (Wildman–Crippen MR) is 23.4 cm³/mol. The molecule has 1 aliphatic heterocycles. The van der Waals surface area contributed by atoms with Crippen LogP contribution < -0.4 is 5.73 Å². The van der Waals surface area contributed by atoms with Gasteiger partial charge in [0.05, 0.1) is 12.7 Å². The number of ether oxygens (including phenoxy) is 1. The Bertz CT molecular complexity index is 42.8. The van der Waals surface area contributed by atoms with E-state index in [1.165, 1.54) is 0 Å². The predicted octanol–water partition coefficient (Wildman–Crippen LogP) is -0.266. The second-order valence-corrected chi connectivity index (χ2v) is 1.53. The molecule has 6 heavy (non-hydrogen) atoms. The van der Waals surface area contributed by atoms with Crippen molar-refractivity contribution in [2.24, 2.45) is 5.73 Å². The third kappa shape index (κ3) is 0.954. The van der Waals surface area contributed by atoms with E-state index in [4.69, 9.17) is 10.5 Å². The summed E-state index contributed by atoms with van der Waals surface area (Å²) in [4.78, 5) is 0. The van der Waals surface area contributed by atoms with E-state index in [1.54, 1.807) is 0 Å². The van der Waals surface area contributed by atoms with Gasteiger partial charge in [-0.2, -0.15) is 0 Å². The molecule has 1 unspecified atom stereocenters. The minimum absolute atomic E-state index is 0.523. The van der Waals surface area contributed by atoms with E-state index in [-0.39, 0.29) is 0 Å². The molecule has 0 bridgehead atoms. The molecule has 0 spiro atoms. The van der Waals surface area contributed by atoms with Gasteiger partial charge in [-0.15, -0.1) is 0 Å². The highest BCUT2D eigenvalue weighted by Gasteiger charge is 2.20. The first-order valence-corrected chi connectivity index (χ1v) is 2.25. The lowest BCUT2D eigenvalue weighted by Crippen LogP contribution is -2.01. The van der Waals surface area contributed by atoms with Gasteiger partial charge in [-0.1, -0.05) is 0 Å². The summed E-state index contributed by atoms with van der Waals surface area (Å²) in [5.74, 6) is 0. The molecule has 0 saturated carbocycles. The van der Waals surface area contributed by atoms with Crippen LogP contribution in [0.2, 0.25) is 0 Å². The highest BCUT2D eigenvalue weighted by molar-refractivity contribution is 4.67. The molecule has 0 amide bonds. The van der Waals surface area contributed by atoms with E-state index in [0.29, 0.717) is 6.10 Å². The number of nitrogens with two attached hydrogens (primary N) is 1. The van der Waals surface area contributed by atoms with Crippen molar-refractivity contribution in [1.82, 2.24) is 0 Å². The smallest absolute Gasteiger partial charge is 0.0822 e. The van der Waals surface area contributed by atoms with Crippen LogP contribution in [-0.2, 0) is 4.74 Å². The first-order chi connectivity index (χ1) is 2.93. The van der Waals surface area contributed by atoms with Gasteiger partial charge in [0.25, 0.3) is 0 Å². The number of hydrogen-bond acceptors (Lipinski definition) is 2. The zero-order chi connectivity index (χ0) is 4.41. The van der Waals surface area contributed by atoms with Crippen LogP contribution in [0.5, 0.6) is 0 Å². The fraction of sp³-hybridized carbons (Fsp3) is 1.00. The maximum Gasteiger partial charge on any atom is 0.0822 e. The second-order valence-electron chi connectivity index (χ2n) is 1.53. The minimum atomic E-state index is 0.523. The first-order valence-electron chi connectivity index (χ1n) is 2.25. The van der Waals surface area contributed by atoms with Gasteiger partial charge in [0.15, 0.2) is 0 Å². The third-order valence-electron chi connectivity index (χ3n) is 0.891. The zero-order valence-corrected chi connectivity index (χ0v) is 3.68.